The topological polar surface area (TPSA) is 97.1 Å². The number of primary sulfonamides is 1. The summed E-state index contributed by atoms with van der Waals surface area (Å²) in [7, 11) is -3.75. The number of halogens is 2. The fraction of sp³-hybridized carbons (Fsp3) is 0. The van der Waals surface area contributed by atoms with Crippen molar-refractivity contribution in [2.24, 2.45) is 5.14 Å². The van der Waals surface area contributed by atoms with Crippen molar-refractivity contribution in [3.63, 3.8) is 0 Å². The predicted octanol–water partition coefficient (Wildman–Crippen LogP) is 4.96. The first-order valence-electron chi connectivity index (χ1n) is 7.58. The Hall–Kier alpha value is -2.56. The van der Waals surface area contributed by atoms with E-state index in [1.165, 1.54) is 12.1 Å². The third-order valence-electron chi connectivity index (χ3n) is 3.72. The Morgan fingerprint density at radius 1 is 1.07 bits per heavy atom. The Balaban J connectivity index is 1.93. The van der Waals surface area contributed by atoms with Gasteiger partial charge in [-0.2, -0.15) is 5.26 Å². The molecule has 2 aromatic carbocycles. The third kappa shape index (κ3) is 4.41. The first-order chi connectivity index (χ1) is 12.8. The summed E-state index contributed by atoms with van der Waals surface area (Å²) in [6, 6.07) is 16.4. The zero-order valence-electron chi connectivity index (χ0n) is 13.7. The van der Waals surface area contributed by atoms with Gasteiger partial charge in [-0.1, -0.05) is 29.3 Å². The van der Waals surface area contributed by atoms with Crippen LogP contribution >= 0.6 is 23.2 Å². The number of allylic oxidation sites excluding steroid dienone is 1. The van der Waals surface area contributed by atoms with Gasteiger partial charge in [0.15, 0.2) is 0 Å². The zero-order chi connectivity index (χ0) is 19.6. The molecule has 27 heavy (non-hydrogen) atoms. The molecule has 0 unspecified atom stereocenters. The maximum absolute atomic E-state index is 11.3. The van der Waals surface area contributed by atoms with Crippen molar-refractivity contribution < 1.29 is 12.8 Å². The Morgan fingerprint density at radius 2 is 1.78 bits per heavy atom. The lowest BCUT2D eigenvalue weighted by atomic mass is 10.1. The standard InChI is InChI=1S/C19H12Cl2N2O3S/c20-14-3-7-17(18(21)10-14)13(11-22)9-15-4-8-19(26-15)12-1-5-16(6-2-12)27(23,24)25/h1-10H,(H2,23,24,25)/b13-9+. The molecule has 0 aliphatic rings. The van der Waals surface area contributed by atoms with Crippen LogP contribution in [0.3, 0.4) is 0 Å². The first kappa shape index (κ1) is 19.2. The lowest BCUT2D eigenvalue weighted by Gasteiger charge is -2.03. The number of hydrogen-bond donors (Lipinski definition) is 1. The monoisotopic (exact) mass is 418 g/mol. The minimum absolute atomic E-state index is 0.0158. The lowest BCUT2D eigenvalue weighted by Crippen LogP contribution is -2.11. The van der Waals surface area contributed by atoms with Crippen LogP contribution in [-0.2, 0) is 10.0 Å². The van der Waals surface area contributed by atoms with Crippen molar-refractivity contribution >= 4 is 44.9 Å². The maximum atomic E-state index is 11.3. The normalized spacial score (nSPS) is 12.0. The minimum Gasteiger partial charge on any atom is -0.457 e. The molecule has 0 radical (unpaired) electrons. The van der Waals surface area contributed by atoms with Crippen LogP contribution in [0, 0.1) is 11.3 Å². The molecule has 0 bridgehead atoms. The van der Waals surface area contributed by atoms with Crippen LogP contribution in [0.25, 0.3) is 23.0 Å². The number of benzene rings is 2. The molecular weight excluding hydrogens is 407 g/mol. The molecule has 0 saturated heterocycles. The average Bonchev–Trinajstić information content (AvgIpc) is 3.08. The van der Waals surface area contributed by atoms with Gasteiger partial charge in [0.1, 0.15) is 11.5 Å². The van der Waals surface area contributed by atoms with E-state index in [4.69, 9.17) is 32.8 Å². The number of nitrogens with two attached hydrogens (primary N) is 1. The third-order valence-corrected chi connectivity index (χ3v) is 5.20. The van der Waals surface area contributed by atoms with Gasteiger partial charge >= 0.3 is 0 Å². The highest BCUT2D eigenvalue weighted by atomic mass is 35.5. The summed E-state index contributed by atoms with van der Waals surface area (Å²) in [5.41, 5.74) is 1.53. The highest BCUT2D eigenvalue weighted by Crippen LogP contribution is 2.30. The van der Waals surface area contributed by atoms with Crippen molar-refractivity contribution in [3.05, 3.63) is 76.0 Å². The van der Waals surface area contributed by atoms with Crippen LogP contribution in [-0.4, -0.2) is 8.42 Å². The van der Waals surface area contributed by atoms with Gasteiger partial charge < -0.3 is 4.42 Å². The minimum atomic E-state index is -3.75. The first-order valence-corrected chi connectivity index (χ1v) is 9.88. The molecule has 136 valence electrons. The molecule has 5 nitrogen and oxygen atoms in total. The molecule has 8 heteroatoms. The van der Waals surface area contributed by atoms with Gasteiger partial charge in [-0.3, -0.25) is 0 Å². The van der Waals surface area contributed by atoms with Crippen LogP contribution in [0.1, 0.15) is 11.3 Å². The largest absolute Gasteiger partial charge is 0.457 e. The summed E-state index contributed by atoms with van der Waals surface area (Å²) in [4.78, 5) is 0.0158. The smallest absolute Gasteiger partial charge is 0.238 e. The molecule has 0 saturated carbocycles. The van der Waals surface area contributed by atoms with Crippen molar-refractivity contribution in [1.29, 1.82) is 5.26 Å². The van der Waals surface area contributed by atoms with E-state index in [0.717, 1.165) is 0 Å². The van der Waals surface area contributed by atoms with E-state index in [1.807, 2.05) is 0 Å². The van der Waals surface area contributed by atoms with E-state index in [-0.39, 0.29) is 4.90 Å². The van der Waals surface area contributed by atoms with E-state index in [0.29, 0.717) is 38.3 Å². The summed E-state index contributed by atoms with van der Waals surface area (Å²) in [6.07, 6.45) is 1.57. The number of rotatable bonds is 4. The van der Waals surface area contributed by atoms with E-state index in [9.17, 15) is 13.7 Å². The van der Waals surface area contributed by atoms with Crippen LogP contribution < -0.4 is 5.14 Å². The highest BCUT2D eigenvalue weighted by molar-refractivity contribution is 7.89. The molecule has 0 atom stereocenters. The Bertz CT molecular complexity index is 1170. The second-order valence-corrected chi connectivity index (χ2v) is 7.97. The molecule has 0 aliphatic carbocycles. The summed E-state index contributed by atoms with van der Waals surface area (Å²) in [5.74, 6) is 0.963. The van der Waals surface area contributed by atoms with Gasteiger partial charge in [0.25, 0.3) is 0 Å². The summed E-state index contributed by atoms with van der Waals surface area (Å²) >= 11 is 12.0. The predicted molar refractivity (Wildman–Crippen MR) is 105 cm³/mol. The van der Waals surface area contributed by atoms with Gasteiger partial charge in [-0.05, 0) is 54.6 Å². The fourth-order valence-corrected chi connectivity index (χ4v) is 3.44. The molecule has 1 heterocycles. The van der Waals surface area contributed by atoms with Gasteiger partial charge in [0, 0.05) is 16.1 Å². The highest BCUT2D eigenvalue weighted by Gasteiger charge is 2.11. The SMILES string of the molecule is N#C/C(=C\c1ccc(-c2ccc(S(N)(=O)=O)cc2)o1)c1ccc(Cl)cc1Cl. The number of furan rings is 1. The molecular formula is C19H12Cl2N2O3S. The Kier molecular flexibility index (Phi) is 5.40. The van der Waals surface area contributed by atoms with E-state index >= 15 is 0 Å². The molecule has 3 rings (SSSR count). The van der Waals surface area contributed by atoms with E-state index in [2.05, 4.69) is 6.07 Å². The van der Waals surface area contributed by atoms with E-state index in [1.54, 1.807) is 48.5 Å². The van der Waals surface area contributed by atoms with Crippen molar-refractivity contribution in [1.82, 2.24) is 0 Å². The summed E-state index contributed by atoms with van der Waals surface area (Å²) < 4.78 is 28.4. The van der Waals surface area contributed by atoms with Gasteiger partial charge in [-0.25, -0.2) is 13.6 Å². The van der Waals surface area contributed by atoms with Crippen LogP contribution in [0.5, 0.6) is 0 Å². The Morgan fingerprint density at radius 3 is 2.37 bits per heavy atom. The molecule has 0 spiro atoms. The fourth-order valence-electron chi connectivity index (χ4n) is 2.41. The van der Waals surface area contributed by atoms with Crippen molar-refractivity contribution in [3.8, 4) is 17.4 Å². The van der Waals surface area contributed by atoms with Crippen molar-refractivity contribution in [2.45, 2.75) is 4.90 Å². The Labute approximate surface area is 166 Å². The quantitative estimate of drug-likeness (QED) is 0.604. The summed E-state index contributed by atoms with van der Waals surface area (Å²) in [5, 5.41) is 15.4. The molecule has 0 aliphatic heterocycles. The zero-order valence-corrected chi connectivity index (χ0v) is 16.0. The number of hydrogen-bond acceptors (Lipinski definition) is 4. The number of nitrogens with zero attached hydrogens (tertiary/aromatic N) is 1. The van der Waals surface area contributed by atoms with Gasteiger partial charge in [-0.15, -0.1) is 0 Å². The summed E-state index contributed by atoms with van der Waals surface area (Å²) in [6.45, 7) is 0. The molecule has 2 N–H and O–H groups in total. The van der Waals surface area contributed by atoms with Crippen molar-refractivity contribution in [2.75, 3.05) is 0 Å². The van der Waals surface area contributed by atoms with Crippen LogP contribution in [0.2, 0.25) is 10.0 Å². The van der Waals surface area contributed by atoms with Gasteiger partial charge in [0.05, 0.1) is 21.6 Å². The van der Waals surface area contributed by atoms with Crippen LogP contribution in [0.15, 0.2) is 63.9 Å². The van der Waals surface area contributed by atoms with Gasteiger partial charge in [0.2, 0.25) is 10.0 Å². The maximum Gasteiger partial charge on any atom is 0.238 e. The molecule has 0 fully saturated rings. The van der Waals surface area contributed by atoms with E-state index < -0.39 is 10.0 Å². The number of nitriles is 1. The average molecular weight is 419 g/mol. The number of sulfonamides is 1. The molecule has 0 amide bonds. The molecule has 3 aromatic rings. The second-order valence-electron chi connectivity index (χ2n) is 5.57. The second kappa shape index (κ2) is 7.59. The molecule has 1 aromatic heterocycles. The lowest BCUT2D eigenvalue weighted by molar-refractivity contribution is 0.571. The van der Waals surface area contributed by atoms with Crippen LogP contribution in [0.4, 0.5) is 0 Å².